The fraction of sp³-hybridized carbons (Fsp3) is 0.0732. The number of ether oxygens (including phenoxy) is 2. The van der Waals surface area contributed by atoms with Crippen LogP contribution < -0.4 is 9.47 Å². The molecule has 47 heavy (non-hydrogen) atoms. The Labute approximate surface area is 273 Å². The summed E-state index contributed by atoms with van der Waals surface area (Å²) < 4.78 is 10.3. The summed E-state index contributed by atoms with van der Waals surface area (Å²) >= 11 is 0. The van der Waals surface area contributed by atoms with Gasteiger partial charge in [0.25, 0.3) is 0 Å². The molecule has 6 nitrogen and oxygen atoms in total. The second-order valence-electron chi connectivity index (χ2n) is 11.3. The largest absolute Gasteiger partial charge is 0.504 e. The monoisotopic (exact) mass is 616 g/mol. The Bertz CT molecular complexity index is 1980. The third kappa shape index (κ3) is 5.30. The summed E-state index contributed by atoms with van der Waals surface area (Å²) in [6.07, 6.45) is 3.47. The fourth-order valence-corrected chi connectivity index (χ4v) is 6.49. The van der Waals surface area contributed by atoms with Crippen molar-refractivity contribution in [2.24, 2.45) is 9.98 Å². The first kappa shape index (κ1) is 29.6. The van der Waals surface area contributed by atoms with E-state index in [-0.39, 0.29) is 11.5 Å². The van der Waals surface area contributed by atoms with Gasteiger partial charge in [-0.2, -0.15) is 0 Å². The third-order valence-electron chi connectivity index (χ3n) is 8.68. The summed E-state index contributed by atoms with van der Waals surface area (Å²) in [7, 11) is 3.05. The van der Waals surface area contributed by atoms with Crippen molar-refractivity contribution in [3.8, 4) is 34.1 Å². The van der Waals surface area contributed by atoms with Gasteiger partial charge in [0.2, 0.25) is 0 Å². The Morgan fingerprint density at radius 2 is 0.915 bits per heavy atom. The van der Waals surface area contributed by atoms with E-state index in [1.807, 2.05) is 36.4 Å². The lowest BCUT2D eigenvalue weighted by molar-refractivity contribution is 0.373. The Kier molecular flexibility index (Phi) is 7.76. The predicted octanol–water partition coefficient (Wildman–Crippen LogP) is 8.98. The second kappa shape index (κ2) is 12.3. The van der Waals surface area contributed by atoms with Crippen LogP contribution in [0.4, 0.5) is 11.4 Å². The van der Waals surface area contributed by atoms with E-state index < -0.39 is 5.41 Å². The van der Waals surface area contributed by atoms with E-state index in [0.29, 0.717) is 11.5 Å². The quantitative estimate of drug-likeness (QED) is 0.167. The number of methoxy groups -OCH3 is 2. The molecule has 1 aliphatic carbocycles. The van der Waals surface area contributed by atoms with Gasteiger partial charge in [-0.05, 0) is 105 Å². The van der Waals surface area contributed by atoms with E-state index in [4.69, 9.17) is 9.47 Å². The highest BCUT2D eigenvalue weighted by atomic mass is 16.5. The normalized spacial score (nSPS) is 13.1. The Morgan fingerprint density at radius 3 is 1.30 bits per heavy atom. The van der Waals surface area contributed by atoms with E-state index in [1.54, 1.807) is 36.7 Å². The molecule has 0 spiro atoms. The molecule has 0 aliphatic heterocycles. The first-order chi connectivity index (χ1) is 23.0. The average molecular weight is 617 g/mol. The van der Waals surface area contributed by atoms with Crippen molar-refractivity contribution in [2.45, 2.75) is 5.41 Å². The molecule has 6 aromatic carbocycles. The minimum atomic E-state index is -0.554. The van der Waals surface area contributed by atoms with Crippen LogP contribution in [-0.4, -0.2) is 36.9 Å². The molecule has 0 saturated carbocycles. The van der Waals surface area contributed by atoms with Crippen LogP contribution in [0.3, 0.4) is 0 Å². The van der Waals surface area contributed by atoms with Crippen LogP contribution in [0.15, 0.2) is 143 Å². The number of hydrogen-bond acceptors (Lipinski definition) is 6. The third-order valence-corrected chi connectivity index (χ3v) is 8.68. The van der Waals surface area contributed by atoms with E-state index in [1.165, 1.54) is 36.5 Å². The number of benzene rings is 6. The number of fused-ring (bicyclic) bond motifs is 3. The van der Waals surface area contributed by atoms with Gasteiger partial charge < -0.3 is 19.7 Å². The van der Waals surface area contributed by atoms with Crippen molar-refractivity contribution in [3.05, 3.63) is 167 Å². The lowest BCUT2D eigenvalue weighted by Crippen LogP contribution is -2.28. The summed E-state index contributed by atoms with van der Waals surface area (Å²) in [4.78, 5) is 9.36. The second-order valence-corrected chi connectivity index (χ2v) is 11.3. The minimum Gasteiger partial charge on any atom is -0.504 e. The minimum absolute atomic E-state index is 0.0732. The smallest absolute Gasteiger partial charge is 0.160 e. The van der Waals surface area contributed by atoms with E-state index in [9.17, 15) is 10.2 Å². The molecule has 0 atom stereocenters. The number of nitrogens with zero attached hydrogens (tertiary/aromatic N) is 2. The molecule has 0 heterocycles. The molecule has 0 fully saturated rings. The van der Waals surface area contributed by atoms with Gasteiger partial charge in [0.15, 0.2) is 23.0 Å². The molecule has 0 bridgehead atoms. The highest BCUT2D eigenvalue weighted by Gasteiger charge is 2.45. The SMILES string of the molecule is COc1ccc(C=Nc2ccc(C3(c4ccc(N=Cc5ccc(OC)c(O)c5)cc4)c4ccccc4-c4ccccc43)cc2)cc1O. The van der Waals surface area contributed by atoms with Crippen molar-refractivity contribution in [3.63, 3.8) is 0 Å². The summed E-state index contributed by atoms with van der Waals surface area (Å²) in [6.45, 7) is 0. The van der Waals surface area contributed by atoms with Crippen LogP contribution in [0, 0.1) is 0 Å². The summed E-state index contributed by atoms with van der Waals surface area (Å²) in [6, 6.07) is 44.4. The number of hydrogen-bond donors (Lipinski definition) is 2. The molecule has 0 saturated heterocycles. The molecular formula is C41H32N2O4. The standard InChI is InChI=1S/C41H32N2O4/c1-46-39-21-11-27(23-37(39)44)25-42-31-17-13-29(14-18-31)41(35-9-5-3-7-33(35)34-8-4-6-10-36(34)41)30-15-19-32(20-16-30)43-26-28-12-22-40(47-2)38(45)24-28/h3-26,44-45H,1-2H3. The van der Waals surface area contributed by atoms with Crippen molar-refractivity contribution in [1.29, 1.82) is 0 Å². The van der Waals surface area contributed by atoms with Crippen molar-refractivity contribution >= 4 is 23.8 Å². The zero-order valence-electron chi connectivity index (χ0n) is 26.0. The van der Waals surface area contributed by atoms with E-state index in [0.717, 1.165) is 33.6 Å². The molecule has 0 radical (unpaired) electrons. The van der Waals surface area contributed by atoms with Crippen LogP contribution in [0.2, 0.25) is 0 Å². The molecule has 2 N–H and O–H groups in total. The first-order valence-corrected chi connectivity index (χ1v) is 15.2. The summed E-state index contributed by atoms with van der Waals surface area (Å²) in [5.74, 6) is 0.991. The molecule has 0 unspecified atom stereocenters. The molecule has 6 heteroatoms. The highest BCUT2D eigenvalue weighted by molar-refractivity contribution is 5.87. The van der Waals surface area contributed by atoms with Crippen LogP contribution in [-0.2, 0) is 5.41 Å². The molecule has 230 valence electrons. The molecule has 1 aliphatic rings. The van der Waals surface area contributed by atoms with E-state index in [2.05, 4.69) is 82.8 Å². The van der Waals surface area contributed by atoms with Crippen molar-refractivity contribution in [2.75, 3.05) is 14.2 Å². The van der Waals surface area contributed by atoms with Gasteiger partial charge in [-0.15, -0.1) is 0 Å². The zero-order chi connectivity index (χ0) is 32.4. The number of aromatic hydroxyl groups is 2. The maximum absolute atomic E-state index is 10.2. The predicted molar refractivity (Wildman–Crippen MR) is 188 cm³/mol. The summed E-state index contributed by atoms with van der Waals surface area (Å²) in [5, 5.41) is 20.3. The fourth-order valence-electron chi connectivity index (χ4n) is 6.49. The van der Waals surface area contributed by atoms with Gasteiger partial charge >= 0.3 is 0 Å². The lowest BCUT2D eigenvalue weighted by Gasteiger charge is -2.34. The molecule has 7 rings (SSSR count). The number of rotatable bonds is 8. The van der Waals surface area contributed by atoms with Gasteiger partial charge in [0.05, 0.1) is 31.0 Å². The average Bonchev–Trinajstić information content (AvgIpc) is 3.41. The van der Waals surface area contributed by atoms with Gasteiger partial charge in [-0.1, -0.05) is 72.8 Å². The van der Waals surface area contributed by atoms with Crippen LogP contribution in [0.25, 0.3) is 11.1 Å². The van der Waals surface area contributed by atoms with Crippen molar-refractivity contribution < 1.29 is 19.7 Å². The molecule has 6 aromatic rings. The topological polar surface area (TPSA) is 83.6 Å². The van der Waals surface area contributed by atoms with Gasteiger partial charge in [-0.3, -0.25) is 9.98 Å². The number of phenolic OH excluding ortho intramolecular Hbond substituents is 2. The molecule has 0 aromatic heterocycles. The highest BCUT2D eigenvalue weighted by Crippen LogP contribution is 2.56. The van der Waals surface area contributed by atoms with Gasteiger partial charge in [-0.25, -0.2) is 0 Å². The molecular weight excluding hydrogens is 584 g/mol. The zero-order valence-corrected chi connectivity index (χ0v) is 26.0. The van der Waals surface area contributed by atoms with E-state index >= 15 is 0 Å². The van der Waals surface area contributed by atoms with Gasteiger partial charge in [0, 0.05) is 12.4 Å². The van der Waals surface area contributed by atoms with Gasteiger partial charge in [0.1, 0.15) is 0 Å². The van der Waals surface area contributed by atoms with Crippen LogP contribution in [0.5, 0.6) is 23.0 Å². The lowest BCUT2D eigenvalue weighted by atomic mass is 9.67. The Morgan fingerprint density at radius 1 is 0.511 bits per heavy atom. The maximum Gasteiger partial charge on any atom is 0.160 e. The Hall–Kier alpha value is -6.14. The van der Waals surface area contributed by atoms with Crippen molar-refractivity contribution in [1.82, 2.24) is 0 Å². The number of aliphatic imine (C=N–C) groups is 2. The van der Waals surface area contributed by atoms with Crippen LogP contribution >= 0.6 is 0 Å². The van der Waals surface area contributed by atoms with Crippen LogP contribution in [0.1, 0.15) is 33.4 Å². The molecule has 0 amide bonds. The Balaban J connectivity index is 1.28. The number of phenols is 2. The maximum atomic E-state index is 10.2. The first-order valence-electron chi connectivity index (χ1n) is 15.2. The summed E-state index contributed by atoms with van der Waals surface area (Å²) in [5.41, 5.74) is 9.70.